The smallest absolute Gasteiger partial charge is 0.407 e. The van der Waals surface area contributed by atoms with E-state index >= 15 is 0 Å². The highest BCUT2D eigenvalue weighted by atomic mass is 19.2. The topological polar surface area (TPSA) is 58.6 Å². The lowest BCUT2D eigenvalue weighted by Crippen LogP contribution is -2.32. The zero-order chi connectivity index (χ0) is 16.0. The largest absolute Gasteiger partial charge is 0.507 e. The lowest BCUT2D eigenvalue weighted by Gasteiger charge is -2.19. The van der Waals surface area contributed by atoms with Crippen molar-refractivity contribution >= 4 is 6.09 Å². The standard InChI is InChI=1S/C15H17F2NO3/c1-15(2,3)21-14(20)18-7-5-4-6-10-8-11(16)12(17)9-13(10)19/h8-9,19H,5,7H2,1-3H3,(H,18,20). The van der Waals surface area contributed by atoms with E-state index in [9.17, 15) is 18.7 Å². The molecule has 1 amide bonds. The number of carbonyl (C=O) groups excluding carboxylic acids is 1. The summed E-state index contributed by atoms with van der Waals surface area (Å²) in [5.41, 5.74) is -0.584. The van der Waals surface area contributed by atoms with Crippen molar-refractivity contribution in [2.24, 2.45) is 0 Å². The molecule has 21 heavy (non-hydrogen) atoms. The summed E-state index contributed by atoms with van der Waals surface area (Å²) in [5, 5.41) is 11.9. The highest BCUT2D eigenvalue weighted by Crippen LogP contribution is 2.19. The van der Waals surface area contributed by atoms with Crippen molar-refractivity contribution in [3.63, 3.8) is 0 Å². The van der Waals surface area contributed by atoms with Crippen LogP contribution in [-0.2, 0) is 4.74 Å². The average Bonchev–Trinajstić information content (AvgIpc) is 2.32. The summed E-state index contributed by atoms with van der Waals surface area (Å²) in [5.74, 6) is 2.50. The summed E-state index contributed by atoms with van der Waals surface area (Å²) in [6, 6.07) is 1.48. The Hall–Kier alpha value is -2.29. The van der Waals surface area contributed by atoms with E-state index in [4.69, 9.17) is 4.74 Å². The SMILES string of the molecule is CC(C)(C)OC(=O)NCCC#Cc1cc(F)c(F)cc1O. The summed E-state index contributed by atoms with van der Waals surface area (Å²) in [6.45, 7) is 5.49. The lowest BCUT2D eigenvalue weighted by atomic mass is 10.2. The van der Waals surface area contributed by atoms with Gasteiger partial charge in [-0.3, -0.25) is 0 Å². The Morgan fingerprint density at radius 2 is 1.95 bits per heavy atom. The number of phenolic OH excluding ortho intramolecular Hbond substituents is 1. The van der Waals surface area contributed by atoms with Crippen molar-refractivity contribution < 1.29 is 23.4 Å². The molecule has 0 fully saturated rings. The van der Waals surface area contributed by atoms with Crippen LogP contribution in [0.25, 0.3) is 0 Å². The van der Waals surface area contributed by atoms with Crippen LogP contribution in [0.2, 0.25) is 0 Å². The molecule has 0 aliphatic rings. The van der Waals surface area contributed by atoms with Gasteiger partial charge in [0.1, 0.15) is 11.4 Å². The van der Waals surface area contributed by atoms with E-state index in [0.29, 0.717) is 6.07 Å². The van der Waals surface area contributed by atoms with Crippen LogP contribution in [-0.4, -0.2) is 23.3 Å². The number of carbonyl (C=O) groups is 1. The van der Waals surface area contributed by atoms with Crippen molar-refractivity contribution in [1.82, 2.24) is 5.32 Å². The molecule has 4 nitrogen and oxygen atoms in total. The summed E-state index contributed by atoms with van der Waals surface area (Å²) in [7, 11) is 0. The predicted molar refractivity (Wildman–Crippen MR) is 73.8 cm³/mol. The van der Waals surface area contributed by atoms with Crippen molar-refractivity contribution in [2.75, 3.05) is 6.54 Å². The third-order valence-corrected chi connectivity index (χ3v) is 2.18. The van der Waals surface area contributed by atoms with Crippen molar-refractivity contribution in [3.8, 4) is 17.6 Å². The van der Waals surface area contributed by atoms with E-state index in [1.165, 1.54) is 0 Å². The molecule has 1 aromatic rings. The number of phenols is 1. The number of benzene rings is 1. The molecule has 6 heteroatoms. The van der Waals surface area contributed by atoms with Crippen molar-refractivity contribution in [2.45, 2.75) is 32.8 Å². The van der Waals surface area contributed by atoms with Crippen molar-refractivity contribution in [3.05, 3.63) is 29.3 Å². The van der Waals surface area contributed by atoms with Gasteiger partial charge in [-0.2, -0.15) is 0 Å². The Labute approximate surface area is 122 Å². The number of hydrogen-bond donors (Lipinski definition) is 2. The Morgan fingerprint density at radius 3 is 2.57 bits per heavy atom. The molecule has 0 saturated heterocycles. The summed E-state index contributed by atoms with van der Waals surface area (Å²) in [4.78, 5) is 11.3. The summed E-state index contributed by atoms with van der Waals surface area (Å²) >= 11 is 0. The molecular formula is C15H17F2NO3. The van der Waals surface area contributed by atoms with E-state index in [-0.39, 0.29) is 18.5 Å². The molecular weight excluding hydrogens is 280 g/mol. The van der Waals surface area contributed by atoms with Crippen LogP contribution in [0.1, 0.15) is 32.8 Å². The minimum atomic E-state index is -1.13. The number of alkyl carbamates (subject to hydrolysis) is 1. The molecule has 0 radical (unpaired) electrons. The quantitative estimate of drug-likeness (QED) is 0.652. The third kappa shape index (κ3) is 6.13. The molecule has 0 unspecified atom stereocenters. The molecule has 2 N–H and O–H groups in total. The highest BCUT2D eigenvalue weighted by Gasteiger charge is 2.15. The summed E-state index contributed by atoms with van der Waals surface area (Å²) in [6.07, 6.45) is -0.280. The van der Waals surface area contributed by atoms with Gasteiger partial charge in [-0.1, -0.05) is 11.8 Å². The second-order valence-corrected chi connectivity index (χ2v) is 5.26. The van der Waals surface area contributed by atoms with Crippen LogP contribution in [0.15, 0.2) is 12.1 Å². The van der Waals surface area contributed by atoms with Gasteiger partial charge in [-0.05, 0) is 26.8 Å². The zero-order valence-corrected chi connectivity index (χ0v) is 12.1. The van der Waals surface area contributed by atoms with Gasteiger partial charge < -0.3 is 15.2 Å². The minimum absolute atomic E-state index is 0.00818. The number of aromatic hydroxyl groups is 1. The first-order valence-electron chi connectivity index (χ1n) is 6.33. The number of ether oxygens (including phenoxy) is 1. The van der Waals surface area contributed by atoms with E-state index in [1.807, 2.05) is 0 Å². The molecule has 0 aromatic heterocycles. The monoisotopic (exact) mass is 297 g/mol. The molecule has 0 bridgehead atoms. The number of rotatable bonds is 2. The molecule has 114 valence electrons. The van der Waals surface area contributed by atoms with E-state index in [0.717, 1.165) is 6.07 Å². The van der Waals surface area contributed by atoms with Gasteiger partial charge in [0.25, 0.3) is 0 Å². The van der Waals surface area contributed by atoms with Crippen LogP contribution in [0.5, 0.6) is 5.75 Å². The van der Waals surface area contributed by atoms with Crippen molar-refractivity contribution in [1.29, 1.82) is 0 Å². The van der Waals surface area contributed by atoms with Gasteiger partial charge in [-0.15, -0.1) is 0 Å². The first-order valence-corrected chi connectivity index (χ1v) is 6.33. The third-order valence-electron chi connectivity index (χ3n) is 2.18. The number of nitrogens with one attached hydrogen (secondary N) is 1. The van der Waals surface area contributed by atoms with Crippen LogP contribution in [0.4, 0.5) is 13.6 Å². The van der Waals surface area contributed by atoms with Gasteiger partial charge in [0, 0.05) is 19.0 Å². The van der Waals surface area contributed by atoms with Crippen LogP contribution in [0, 0.1) is 23.5 Å². The van der Waals surface area contributed by atoms with Gasteiger partial charge in [0.05, 0.1) is 5.56 Å². The van der Waals surface area contributed by atoms with E-state index in [1.54, 1.807) is 20.8 Å². The molecule has 0 aliphatic carbocycles. The fourth-order valence-corrected chi connectivity index (χ4v) is 1.34. The van der Waals surface area contributed by atoms with Crippen LogP contribution < -0.4 is 5.32 Å². The molecule has 1 aromatic carbocycles. The summed E-state index contributed by atoms with van der Waals surface area (Å²) < 4.78 is 30.8. The Kier molecular flexibility index (Phi) is 5.53. The number of halogens is 2. The number of amides is 1. The van der Waals surface area contributed by atoms with Crippen LogP contribution >= 0.6 is 0 Å². The Morgan fingerprint density at radius 1 is 1.33 bits per heavy atom. The maximum atomic E-state index is 13.0. The first kappa shape index (κ1) is 16.8. The fourth-order valence-electron chi connectivity index (χ4n) is 1.34. The predicted octanol–water partition coefficient (Wildman–Crippen LogP) is 2.94. The van der Waals surface area contributed by atoms with Crippen LogP contribution in [0.3, 0.4) is 0 Å². The second-order valence-electron chi connectivity index (χ2n) is 5.26. The molecule has 0 atom stereocenters. The van der Waals surface area contributed by atoms with Gasteiger partial charge in [0.15, 0.2) is 11.6 Å². The molecule has 0 heterocycles. The zero-order valence-electron chi connectivity index (χ0n) is 12.1. The average molecular weight is 297 g/mol. The van der Waals surface area contributed by atoms with Gasteiger partial charge in [0.2, 0.25) is 0 Å². The van der Waals surface area contributed by atoms with Gasteiger partial charge in [-0.25, -0.2) is 13.6 Å². The van der Waals surface area contributed by atoms with E-state index < -0.39 is 29.1 Å². The molecule has 1 rings (SSSR count). The normalized spacial score (nSPS) is 10.5. The molecule has 0 spiro atoms. The molecule has 0 aliphatic heterocycles. The fraction of sp³-hybridized carbons (Fsp3) is 0.400. The maximum Gasteiger partial charge on any atom is 0.407 e. The van der Waals surface area contributed by atoms with E-state index in [2.05, 4.69) is 17.2 Å². The highest BCUT2D eigenvalue weighted by molar-refractivity contribution is 5.67. The second kappa shape index (κ2) is 6.93. The molecule has 0 saturated carbocycles. The van der Waals surface area contributed by atoms with Gasteiger partial charge >= 0.3 is 6.09 Å². The lowest BCUT2D eigenvalue weighted by molar-refractivity contribution is 0.0529. The first-order chi connectivity index (χ1) is 9.69. The Balaban J connectivity index is 2.48. The minimum Gasteiger partial charge on any atom is -0.507 e. The maximum absolute atomic E-state index is 13.0. The number of hydrogen-bond acceptors (Lipinski definition) is 3. The Bertz CT molecular complexity index is 583.